The van der Waals surface area contributed by atoms with E-state index in [0.717, 1.165) is 0 Å². The zero-order chi connectivity index (χ0) is 15.1. The summed E-state index contributed by atoms with van der Waals surface area (Å²) in [4.78, 5) is 24.4. The summed E-state index contributed by atoms with van der Waals surface area (Å²) in [5.74, 6) is -0.902. The van der Waals surface area contributed by atoms with Crippen LogP contribution >= 0.6 is 0 Å². The summed E-state index contributed by atoms with van der Waals surface area (Å²) < 4.78 is 5.35. The van der Waals surface area contributed by atoms with Gasteiger partial charge in [-0.05, 0) is 27.2 Å². The van der Waals surface area contributed by atoms with Gasteiger partial charge in [0.2, 0.25) is 0 Å². The summed E-state index contributed by atoms with van der Waals surface area (Å²) in [6.07, 6.45) is 0.592. The molecule has 6 nitrogen and oxygen atoms in total. The summed E-state index contributed by atoms with van der Waals surface area (Å²) >= 11 is 0. The van der Waals surface area contributed by atoms with Crippen LogP contribution in [0.25, 0.3) is 0 Å². The van der Waals surface area contributed by atoms with E-state index in [-0.39, 0.29) is 18.7 Å². The van der Waals surface area contributed by atoms with Crippen LogP contribution in [0.3, 0.4) is 0 Å². The van der Waals surface area contributed by atoms with Crippen LogP contribution in [0.2, 0.25) is 0 Å². The van der Waals surface area contributed by atoms with E-state index in [1.807, 2.05) is 13.8 Å². The Bertz CT molecular complexity index is 307. The molecule has 0 heterocycles. The molecule has 2 N–H and O–H groups in total. The van der Waals surface area contributed by atoms with Crippen LogP contribution in [0.15, 0.2) is 0 Å². The summed E-state index contributed by atoms with van der Waals surface area (Å²) in [7, 11) is 1.66. The van der Waals surface area contributed by atoms with Gasteiger partial charge in [-0.3, -0.25) is 4.79 Å². The minimum Gasteiger partial charge on any atom is -0.481 e. The van der Waals surface area contributed by atoms with Crippen molar-refractivity contribution in [2.45, 2.75) is 40.2 Å². The third-order valence-electron chi connectivity index (χ3n) is 3.15. The number of urea groups is 1. The molecule has 0 spiro atoms. The monoisotopic (exact) mass is 274 g/mol. The number of aliphatic carboxylic acids is 1. The van der Waals surface area contributed by atoms with E-state index >= 15 is 0 Å². The molecule has 112 valence electrons. The number of amides is 2. The largest absolute Gasteiger partial charge is 0.481 e. The summed E-state index contributed by atoms with van der Waals surface area (Å²) in [5.41, 5.74) is -0.926. The normalized spacial score (nSPS) is 14.0. The van der Waals surface area contributed by atoms with Gasteiger partial charge in [0.1, 0.15) is 0 Å². The number of hydrogen-bond acceptors (Lipinski definition) is 3. The number of nitrogens with zero attached hydrogens (tertiary/aromatic N) is 1. The topological polar surface area (TPSA) is 78.9 Å². The van der Waals surface area contributed by atoms with Gasteiger partial charge < -0.3 is 20.1 Å². The fourth-order valence-electron chi connectivity index (χ4n) is 1.28. The lowest BCUT2D eigenvalue weighted by Crippen LogP contribution is -2.46. The van der Waals surface area contributed by atoms with Crippen LogP contribution < -0.4 is 5.32 Å². The maximum absolute atomic E-state index is 11.8. The predicted molar refractivity (Wildman–Crippen MR) is 73.2 cm³/mol. The van der Waals surface area contributed by atoms with Crippen molar-refractivity contribution >= 4 is 12.0 Å². The molecule has 0 aliphatic heterocycles. The first-order chi connectivity index (χ1) is 8.73. The molecule has 0 aliphatic rings. The Morgan fingerprint density at radius 3 is 2.42 bits per heavy atom. The molecule has 0 fully saturated rings. The zero-order valence-electron chi connectivity index (χ0n) is 12.5. The van der Waals surface area contributed by atoms with E-state index in [1.54, 1.807) is 20.9 Å². The lowest BCUT2D eigenvalue weighted by molar-refractivity contribution is -0.147. The van der Waals surface area contributed by atoms with Crippen molar-refractivity contribution in [2.24, 2.45) is 5.41 Å². The second kappa shape index (κ2) is 7.99. The van der Waals surface area contributed by atoms with E-state index in [4.69, 9.17) is 9.84 Å². The maximum Gasteiger partial charge on any atom is 0.317 e. The average molecular weight is 274 g/mol. The summed E-state index contributed by atoms with van der Waals surface area (Å²) in [6.45, 7) is 8.33. The van der Waals surface area contributed by atoms with Crippen molar-refractivity contribution in [1.29, 1.82) is 0 Å². The Morgan fingerprint density at radius 1 is 1.42 bits per heavy atom. The second-order valence-electron chi connectivity index (χ2n) is 5.22. The summed E-state index contributed by atoms with van der Waals surface area (Å²) in [6, 6.07) is -0.284. The minimum atomic E-state index is -0.926. The maximum atomic E-state index is 11.8. The molecule has 1 atom stereocenters. The van der Waals surface area contributed by atoms with E-state index in [0.29, 0.717) is 19.6 Å². The number of likely N-dealkylation sites (N-methyl/N-ethyl adjacent to an activating group) is 1. The molecular formula is C13H26N2O4. The van der Waals surface area contributed by atoms with Gasteiger partial charge in [0.25, 0.3) is 0 Å². The number of rotatable bonds is 8. The second-order valence-corrected chi connectivity index (χ2v) is 5.22. The number of carbonyl (C=O) groups excluding carboxylic acids is 1. The van der Waals surface area contributed by atoms with Crippen molar-refractivity contribution in [1.82, 2.24) is 10.2 Å². The first-order valence-corrected chi connectivity index (χ1v) is 6.57. The van der Waals surface area contributed by atoms with E-state index < -0.39 is 11.4 Å². The fourth-order valence-corrected chi connectivity index (χ4v) is 1.28. The Balaban J connectivity index is 4.12. The molecule has 0 aromatic carbocycles. The Kier molecular flexibility index (Phi) is 7.44. The van der Waals surface area contributed by atoms with Gasteiger partial charge >= 0.3 is 12.0 Å². The van der Waals surface area contributed by atoms with Gasteiger partial charge in [-0.15, -0.1) is 0 Å². The van der Waals surface area contributed by atoms with Crippen LogP contribution in [-0.4, -0.2) is 54.9 Å². The molecule has 2 amide bonds. The van der Waals surface area contributed by atoms with Crippen LogP contribution in [-0.2, 0) is 9.53 Å². The van der Waals surface area contributed by atoms with E-state index in [1.165, 1.54) is 4.90 Å². The third-order valence-corrected chi connectivity index (χ3v) is 3.15. The van der Waals surface area contributed by atoms with Gasteiger partial charge in [-0.25, -0.2) is 4.79 Å². The Morgan fingerprint density at radius 2 is 2.00 bits per heavy atom. The van der Waals surface area contributed by atoms with Crippen LogP contribution in [0.1, 0.15) is 34.1 Å². The van der Waals surface area contributed by atoms with Crippen molar-refractivity contribution in [2.75, 3.05) is 26.7 Å². The Labute approximate surface area is 115 Å². The molecule has 19 heavy (non-hydrogen) atoms. The minimum absolute atomic E-state index is 0.118. The van der Waals surface area contributed by atoms with Crippen LogP contribution in [0.5, 0.6) is 0 Å². The molecule has 6 heteroatoms. The van der Waals surface area contributed by atoms with E-state index in [2.05, 4.69) is 5.32 Å². The first-order valence-electron chi connectivity index (χ1n) is 6.57. The number of hydrogen-bond donors (Lipinski definition) is 2. The first kappa shape index (κ1) is 17.7. The van der Waals surface area contributed by atoms with Crippen molar-refractivity contribution in [3.8, 4) is 0 Å². The highest BCUT2D eigenvalue weighted by Gasteiger charge is 2.31. The van der Waals surface area contributed by atoms with Crippen LogP contribution in [0.4, 0.5) is 4.79 Å². The molecular weight excluding hydrogens is 248 g/mol. The average Bonchev–Trinajstić information content (AvgIpc) is 2.34. The van der Waals surface area contributed by atoms with Gasteiger partial charge in [-0.1, -0.05) is 6.92 Å². The molecule has 0 saturated carbocycles. The SMILES string of the molecule is CCC(C)(CNC(=O)N(C)CCOC(C)C)C(=O)O. The van der Waals surface area contributed by atoms with E-state index in [9.17, 15) is 9.59 Å². The highest BCUT2D eigenvalue weighted by Crippen LogP contribution is 2.19. The molecule has 0 aromatic heterocycles. The predicted octanol–water partition coefficient (Wildman–Crippen LogP) is 1.55. The number of carboxylic acid groups (broad SMARTS) is 1. The van der Waals surface area contributed by atoms with Crippen LogP contribution in [0, 0.1) is 5.41 Å². The molecule has 0 radical (unpaired) electrons. The molecule has 1 unspecified atom stereocenters. The number of carbonyl (C=O) groups is 2. The van der Waals surface area contributed by atoms with Gasteiger partial charge in [0, 0.05) is 20.1 Å². The van der Waals surface area contributed by atoms with Crippen molar-refractivity contribution in [3.05, 3.63) is 0 Å². The molecule has 0 rings (SSSR count). The van der Waals surface area contributed by atoms with Gasteiger partial charge in [0.15, 0.2) is 0 Å². The zero-order valence-corrected chi connectivity index (χ0v) is 12.5. The van der Waals surface area contributed by atoms with Gasteiger partial charge in [-0.2, -0.15) is 0 Å². The molecule has 0 aromatic rings. The standard InChI is InChI=1S/C13H26N2O4/c1-6-13(4,11(16)17)9-14-12(18)15(5)7-8-19-10(2)3/h10H,6-9H2,1-5H3,(H,14,18)(H,16,17). The highest BCUT2D eigenvalue weighted by atomic mass is 16.5. The number of carboxylic acids is 1. The number of nitrogens with one attached hydrogen (secondary N) is 1. The third kappa shape index (κ3) is 6.42. The molecule has 0 aliphatic carbocycles. The summed E-state index contributed by atoms with van der Waals surface area (Å²) in [5, 5.41) is 11.7. The van der Waals surface area contributed by atoms with Gasteiger partial charge in [0.05, 0.1) is 18.1 Å². The van der Waals surface area contributed by atoms with Crippen molar-refractivity contribution in [3.63, 3.8) is 0 Å². The fraction of sp³-hybridized carbons (Fsp3) is 0.846. The number of ether oxygens (including phenoxy) is 1. The van der Waals surface area contributed by atoms with Crippen molar-refractivity contribution < 1.29 is 19.4 Å². The highest BCUT2D eigenvalue weighted by molar-refractivity contribution is 5.77. The molecule has 0 bridgehead atoms. The lowest BCUT2D eigenvalue weighted by Gasteiger charge is -2.25. The Hall–Kier alpha value is -1.30. The molecule has 0 saturated heterocycles. The smallest absolute Gasteiger partial charge is 0.317 e. The quantitative estimate of drug-likeness (QED) is 0.704. The lowest BCUT2D eigenvalue weighted by atomic mass is 9.88.